The van der Waals surface area contributed by atoms with Crippen molar-refractivity contribution in [3.8, 4) is 0 Å². The molecule has 10 heteroatoms. The summed E-state index contributed by atoms with van der Waals surface area (Å²) in [5.74, 6) is 0. The van der Waals surface area contributed by atoms with Crippen LogP contribution in [0.1, 0.15) is 0 Å². The van der Waals surface area contributed by atoms with Crippen LogP contribution in [-0.2, 0) is 14.4 Å². The molecule has 0 aliphatic carbocycles. The highest BCUT2D eigenvalue weighted by molar-refractivity contribution is 6.54. The molecule has 0 aliphatic heterocycles. The van der Waals surface area contributed by atoms with E-state index in [0.717, 1.165) is 6.55 Å². The van der Waals surface area contributed by atoms with Crippen LogP contribution in [0.5, 0.6) is 0 Å². The molecule has 14 heavy (non-hydrogen) atoms. The summed E-state index contributed by atoms with van der Waals surface area (Å²) >= 11 is 0. The smallest absolute Gasteiger partial charge is 0.483 e. The quantitative estimate of drug-likeness (QED) is 0.197. The Labute approximate surface area is 79.9 Å². The largest absolute Gasteiger partial charge is 0.489 e. The molecule has 0 aromatic heterocycles. The molecule has 6 N–H and O–H groups in total. The van der Waals surface area contributed by atoms with Gasteiger partial charge in [-0.1, -0.05) is 0 Å². The molecule has 0 saturated carbocycles. The molecule has 0 rings (SSSR count). The van der Waals surface area contributed by atoms with E-state index in [4.69, 9.17) is 44.1 Å². The molecule has 0 bridgehead atoms. The fourth-order valence-electron chi connectivity index (χ4n) is 0. The van der Waals surface area contributed by atoms with Gasteiger partial charge >= 0.3 is 8.80 Å². The molecule has 0 fully saturated rings. The SMILES string of the molecule is C[Si](O)(O)O.O=CO.O=CO.O=CO. The molecule has 0 amide bonds. The Morgan fingerprint density at radius 3 is 0.786 bits per heavy atom. The maximum absolute atomic E-state index is 8.36. The van der Waals surface area contributed by atoms with Gasteiger partial charge in [0.1, 0.15) is 0 Å². The number of rotatable bonds is 0. The van der Waals surface area contributed by atoms with Crippen LogP contribution in [-0.4, -0.2) is 57.9 Å². The highest BCUT2D eigenvalue weighted by atomic mass is 28.4. The topological polar surface area (TPSA) is 173 Å². The highest BCUT2D eigenvalue weighted by Gasteiger charge is 2.14. The molecule has 0 spiro atoms. The van der Waals surface area contributed by atoms with E-state index in [9.17, 15) is 0 Å². The van der Waals surface area contributed by atoms with E-state index >= 15 is 0 Å². The zero-order chi connectivity index (χ0) is 12.6. The Kier molecular flexibility index (Phi) is 36.8. The number of hydrogen-bond acceptors (Lipinski definition) is 6. The Bertz CT molecular complexity index is 98.2. The van der Waals surface area contributed by atoms with Crippen LogP contribution in [0.4, 0.5) is 0 Å². The Morgan fingerprint density at radius 1 is 0.786 bits per heavy atom. The highest BCUT2D eigenvalue weighted by Crippen LogP contribution is 1.75. The Hall–Kier alpha value is -1.49. The fraction of sp³-hybridized carbons (Fsp3) is 0.250. The molecular weight excluding hydrogens is 220 g/mol. The van der Waals surface area contributed by atoms with E-state index in [1.807, 2.05) is 0 Å². The molecule has 0 radical (unpaired) electrons. The molecule has 86 valence electrons. The van der Waals surface area contributed by atoms with Crippen molar-refractivity contribution in [3.05, 3.63) is 0 Å². The van der Waals surface area contributed by atoms with Crippen molar-refractivity contribution in [1.29, 1.82) is 0 Å². The van der Waals surface area contributed by atoms with Crippen LogP contribution in [0.2, 0.25) is 6.55 Å². The maximum atomic E-state index is 8.36. The van der Waals surface area contributed by atoms with Gasteiger partial charge in [-0.3, -0.25) is 14.4 Å². The minimum atomic E-state index is -3.61. The van der Waals surface area contributed by atoms with Gasteiger partial charge in [0.2, 0.25) is 0 Å². The summed E-state index contributed by atoms with van der Waals surface area (Å²) < 4.78 is 0. The number of carbonyl (C=O) groups is 3. The molecular formula is C4H12O9Si. The van der Waals surface area contributed by atoms with Crippen molar-refractivity contribution >= 4 is 28.2 Å². The van der Waals surface area contributed by atoms with Crippen LogP contribution >= 0.6 is 0 Å². The van der Waals surface area contributed by atoms with Crippen molar-refractivity contribution in [2.75, 3.05) is 0 Å². The molecule has 9 nitrogen and oxygen atoms in total. The van der Waals surface area contributed by atoms with E-state index in [1.54, 1.807) is 0 Å². The van der Waals surface area contributed by atoms with Crippen LogP contribution in [0.15, 0.2) is 0 Å². The van der Waals surface area contributed by atoms with E-state index in [1.165, 1.54) is 0 Å². The second-order valence-corrected chi connectivity index (χ2v) is 3.23. The molecule has 0 heterocycles. The standard InChI is InChI=1S/CH6O3Si.3CH2O2/c1-5(2,3)4;3*2-1-3/h2-4H,1H3;3*1H,(H,2,3). The van der Waals surface area contributed by atoms with Crippen LogP contribution in [0, 0.1) is 0 Å². The predicted molar refractivity (Wildman–Crippen MR) is 44.4 cm³/mol. The summed E-state index contributed by atoms with van der Waals surface area (Å²) in [5, 5.41) is 20.7. The first kappa shape index (κ1) is 22.9. The van der Waals surface area contributed by atoms with E-state index < -0.39 is 8.80 Å². The van der Waals surface area contributed by atoms with E-state index in [0.29, 0.717) is 0 Å². The minimum absolute atomic E-state index is 0.250. The zero-order valence-corrected chi connectivity index (χ0v) is 8.14. The molecule has 0 aliphatic rings. The molecule has 0 aromatic carbocycles. The van der Waals surface area contributed by atoms with Crippen molar-refractivity contribution < 1.29 is 44.1 Å². The van der Waals surface area contributed by atoms with Gasteiger partial charge in [0.25, 0.3) is 19.4 Å². The van der Waals surface area contributed by atoms with E-state index in [2.05, 4.69) is 0 Å². The predicted octanol–water partition coefficient (Wildman–Crippen LogP) is -2.37. The van der Waals surface area contributed by atoms with Crippen molar-refractivity contribution in [2.24, 2.45) is 0 Å². The summed E-state index contributed by atoms with van der Waals surface area (Å²) in [7, 11) is -3.61. The second kappa shape index (κ2) is 22.5. The average molecular weight is 232 g/mol. The van der Waals surface area contributed by atoms with Gasteiger partial charge in [-0.15, -0.1) is 0 Å². The van der Waals surface area contributed by atoms with Gasteiger partial charge in [-0.25, -0.2) is 0 Å². The minimum Gasteiger partial charge on any atom is -0.483 e. The number of carboxylic acid groups (broad SMARTS) is 3. The first-order chi connectivity index (χ1) is 6.24. The van der Waals surface area contributed by atoms with Crippen LogP contribution in [0.25, 0.3) is 0 Å². The zero-order valence-electron chi connectivity index (χ0n) is 7.14. The maximum Gasteiger partial charge on any atom is 0.489 e. The van der Waals surface area contributed by atoms with Gasteiger partial charge in [0.05, 0.1) is 0 Å². The normalized spacial score (nSPS) is 6.86. The Balaban J connectivity index is -0.0000000495. The third-order valence-corrected chi connectivity index (χ3v) is 0. The average Bonchev–Trinajstić information content (AvgIpc) is 1.86. The molecule has 0 atom stereocenters. The molecule has 0 unspecified atom stereocenters. The lowest BCUT2D eigenvalue weighted by Gasteiger charge is -1.95. The second-order valence-electron chi connectivity index (χ2n) is 1.29. The molecule has 0 aromatic rings. The van der Waals surface area contributed by atoms with Crippen LogP contribution in [0.3, 0.4) is 0 Å². The summed E-state index contributed by atoms with van der Waals surface area (Å²) in [6.07, 6.45) is 0. The first-order valence-electron chi connectivity index (χ1n) is 2.65. The summed E-state index contributed by atoms with van der Waals surface area (Å²) in [6.45, 7) is 0.243. The van der Waals surface area contributed by atoms with Gasteiger partial charge in [0.15, 0.2) is 0 Å². The first-order valence-corrected chi connectivity index (χ1v) is 4.99. The summed E-state index contributed by atoms with van der Waals surface area (Å²) in [6, 6.07) is 0. The fourth-order valence-corrected chi connectivity index (χ4v) is 0. The van der Waals surface area contributed by atoms with Crippen molar-refractivity contribution in [3.63, 3.8) is 0 Å². The van der Waals surface area contributed by atoms with Gasteiger partial charge in [-0.2, -0.15) is 0 Å². The van der Waals surface area contributed by atoms with Gasteiger partial charge in [-0.05, 0) is 0 Å². The summed E-state index contributed by atoms with van der Waals surface area (Å²) in [5.41, 5.74) is 0. The van der Waals surface area contributed by atoms with E-state index in [-0.39, 0.29) is 19.4 Å². The van der Waals surface area contributed by atoms with Gasteiger partial charge in [0, 0.05) is 6.55 Å². The van der Waals surface area contributed by atoms with Gasteiger partial charge < -0.3 is 29.7 Å². The Morgan fingerprint density at radius 2 is 0.786 bits per heavy atom. The number of hydrogen-bond donors (Lipinski definition) is 6. The lowest BCUT2D eigenvalue weighted by Crippen LogP contribution is -2.28. The van der Waals surface area contributed by atoms with Crippen molar-refractivity contribution in [2.45, 2.75) is 6.55 Å². The molecule has 0 saturated heterocycles. The van der Waals surface area contributed by atoms with Crippen LogP contribution < -0.4 is 0 Å². The third-order valence-electron chi connectivity index (χ3n) is 0. The lowest BCUT2D eigenvalue weighted by molar-refractivity contribution is -0.123. The monoisotopic (exact) mass is 232 g/mol. The third kappa shape index (κ3) is 426. The summed E-state index contributed by atoms with van der Waals surface area (Å²) in [4.78, 5) is 48.4. The van der Waals surface area contributed by atoms with Crippen molar-refractivity contribution in [1.82, 2.24) is 0 Å². The lowest BCUT2D eigenvalue weighted by atomic mass is 11.7.